The number of nitrogens with one attached hydrogen (secondary N) is 1. The van der Waals surface area contributed by atoms with Crippen molar-refractivity contribution in [1.82, 2.24) is 10.2 Å². The Morgan fingerprint density at radius 3 is 2.76 bits per heavy atom. The number of likely N-dealkylation sites (tertiary alicyclic amines) is 1. The summed E-state index contributed by atoms with van der Waals surface area (Å²) in [5, 5.41) is 3.15. The fourth-order valence-electron chi connectivity index (χ4n) is 5.96. The maximum atomic E-state index is 12.8. The second kappa shape index (κ2) is 11.2. The second-order valence-electron chi connectivity index (χ2n) is 9.90. The molecule has 1 amide bonds. The van der Waals surface area contributed by atoms with Crippen LogP contribution in [-0.4, -0.2) is 54.0 Å². The number of ether oxygens (including phenoxy) is 2. The third-order valence-corrected chi connectivity index (χ3v) is 7.39. The molecule has 0 unspecified atom stereocenters. The van der Waals surface area contributed by atoms with Crippen molar-refractivity contribution >= 4 is 23.9 Å². The maximum absolute atomic E-state index is 12.8. The fourth-order valence-corrected chi connectivity index (χ4v) is 5.96. The number of furan rings is 1. The van der Waals surface area contributed by atoms with Crippen LogP contribution >= 0.6 is 0 Å². The summed E-state index contributed by atoms with van der Waals surface area (Å²) in [6.07, 6.45) is 10.7. The molecule has 4 rings (SSSR count). The first-order valence-corrected chi connectivity index (χ1v) is 12.6. The fraction of sp³-hybridized carbons (Fsp3) is 0.414. The zero-order chi connectivity index (χ0) is 26.5. The monoisotopic (exact) mass is 506 g/mol. The van der Waals surface area contributed by atoms with Crippen molar-refractivity contribution in [1.29, 1.82) is 0 Å². The van der Waals surface area contributed by atoms with Gasteiger partial charge in [-0.05, 0) is 62.1 Å². The van der Waals surface area contributed by atoms with Crippen LogP contribution in [0.4, 0.5) is 0 Å². The van der Waals surface area contributed by atoms with Gasteiger partial charge in [-0.2, -0.15) is 0 Å². The SMILES string of the molecule is C=CCN1CC[C@@]2(c3cccc(OC(C)=O)c3)C[C@H](NC(=O)C=Cc3ccoc3)CC[C@]2(OC(C)=O)C1. The van der Waals surface area contributed by atoms with E-state index in [9.17, 15) is 14.4 Å². The normalized spacial score (nSPS) is 25.7. The first-order chi connectivity index (χ1) is 17.7. The zero-order valence-corrected chi connectivity index (χ0v) is 21.4. The van der Waals surface area contributed by atoms with Crippen LogP contribution in [0.5, 0.6) is 5.75 Å². The van der Waals surface area contributed by atoms with E-state index in [4.69, 9.17) is 13.9 Å². The highest BCUT2D eigenvalue weighted by atomic mass is 16.6. The molecule has 2 aliphatic rings. The Morgan fingerprint density at radius 1 is 1.22 bits per heavy atom. The summed E-state index contributed by atoms with van der Waals surface area (Å²) in [6, 6.07) is 9.11. The molecule has 0 spiro atoms. The van der Waals surface area contributed by atoms with Gasteiger partial charge in [-0.3, -0.25) is 19.3 Å². The van der Waals surface area contributed by atoms with Gasteiger partial charge in [0.05, 0.1) is 12.5 Å². The maximum Gasteiger partial charge on any atom is 0.308 e. The van der Waals surface area contributed by atoms with Gasteiger partial charge in [-0.15, -0.1) is 6.58 Å². The first-order valence-electron chi connectivity index (χ1n) is 12.6. The molecule has 196 valence electrons. The van der Waals surface area contributed by atoms with Gasteiger partial charge in [0, 0.05) is 50.0 Å². The van der Waals surface area contributed by atoms with Crippen LogP contribution in [0.1, 0.15) is 50.7 Å². The van der Waals surface area contributed by atoms with Crippen LogP contribution in [0.25, 0.3) is 6.08 Å². The molecule has 0 radical (unpaired) electrons. The number of amides is 1. The van der Waals surface area contributed by atoms with Gasteiger partial charge in [0.15, 0.2) is 0 Å². The molecular weight excluding hydrogens is 472 g/mol. The highest BCUT2D eigenvalue weighted by Gasteiger charge is 2.60. The average Bonchev–Trinajstić information content (AvgIpc) is 3.36. The number of fused-ring (bicyclic) bond motifs is 1. The summed E-state index contributed by atoms with van der Waals surface area (Å²) in [4.78, 5) is 39.1. The molecule has 1 saturated heterocycles. The Balaban J connectivity index is 1.69. The van der Waals surface area contributed by atoms with Crippen molar-refractivity contribution in [2.45, 2.75) is 56.6 Å². The minimum Gasteiger partial charge on any atom is -0.472 e. The molecule has 1 aliphatic heterocycles. The molecule has 1 saturated carbocycles. The van der Waals surface area contributed by atoms with Gasteiger partial charge in [0.25, 0.3) is 0 Å². The number of hydrogen-bond acceptors (Lipinski definition) is 7. The minimum atomic E-state index is -0.803. The number of carbonyl (C=O) groups is 3. The summed E-state index contributed by atoms with van der Waals surface area (Å²) < 4.78 is 16.7. The summed E-state index contributed by atoms with van der Waals surface area (Å²) in [6.45, 7) is 8.70. The van der Waals surface area contributed by atoms with Gasteiger partial charge in [0.2, 0.25) is 5.91 Å². The standard InChI is InChI=1S/C29H34N2O6/c1-4-14-31-15-13-28(24-6-5-7-26(17-24)36-21(2)32)18-25(10-12-29(28,20-31)37-22(3)33)30-27(34)9-8-23-11-16-35-19-23/h4-9,11,16-17,19,25H,1,10,12-15,18,20H2,2-3H3,(H,30,34)/t25-,28+,29+/m1/s1. The predicted octanol–water partition coefficient (Wildman–Crippen LogP) is 4.02. The minimum absolute atomic E-state index is 0.131. The predicted molar refractivity (Wildman–Crippen MR) is 139 cm³/mol. The lowest BCUT2D eigenvalue weighted by molar-refractivity contribution is -0.186. The lowest BCUT2D eigenvalue weighted by Crippen LogP contribution is -2.68. The van der Waals surface area contributed by atoms with E-state index in [-0.39, 0.29) is 17.9 Å². The molecule has 1 aliphatic carbocycles. The van der Waals surface area contributed by atoms with E-state index < -0.39 is 17.0 Å². The number of hydrogen-bond donors (Lipinski definition) is 1. The number of benzene rings is 1. The Labute approximate surface area is 217 Å². The Hall–Kier alpha value is -3.65. The third-order valence-electron chi connectivity index (χ3n) is 7.39. The van der Waals surface area contributed by atoms with E-state index in [2.05, 4.69) is 16.8 Å². The average molecular weight is 507 g/mol. The van der Waals surface area contributed by atoms with Crippen LogP contribution in [0.2, 0.25) is 0 Å². The van der Waals surface area contributed by atoms with Crippen molar-refractivity contribution in [3.8, 4) is 5.75 Å². The number of carbonyl (C=O) groups excluding carboxylic acids is 3. The topological polar surface area (TPSA) is 98.1 Å². The summed E-state index contributed by atoms with van der Waals surface area (Å²) in [5.74, 6) is -0.496. The summed E-state index contributed by atoms with van der Waals surface area (Å²) in [7, 11) is 0. The van der Waals surface area contributed by atoms with Gasteiger partial charge in [-0.25, -0.2) is 0 Å². The van der Waals surface area contributed by atoms with Gasteiger partial charge in [-0.1, -0.05) is 18.2 Å². The number of rotatable bonds is 8. The van der Waals surface area contributed by atoms with Crippen LogP contribution in [-0.2, 0) is 24.5 Å². The number of nitrogens with zero attached hydrogens (tertiary/aromatic N) is 1. The van der Waals surface area contributed by atoms with E-state index in [0.717, 1.165) is 17.7 Å². The Kier molecular flexibility index (Phi) is 7.97. The lowest BCUT2D eigenvalue weighted by atomic mass is 9.55. The van der Waals surface area contributed by atoms with Crippen LogP contribution < -0.4 is 10.1 Å². The van der Waals surface area contributed by atoms with Crippen LogP contribution in [0, 0.1) is 0 Å². The first kappa shape index (κ1) is 26.4. The zero-order valence-electron chi connectivity index (χ0n) is 21.4. The lowest BCUT2D eigenvalue weighted by Gasteiger charge is -2.59. The van der Waals surface area contributed by atoms with E-state index in [1.807, 2.05) is 24.3 Å². The molecule has 2 heterocycles. The smallest absolute Gasteiger partial charge is 0.308 e. The summed E-state index contributed by atoms with van der Waals surface area (Å²) >= 11 is 0. The van der Waals surface area contributed by atoms with E-state index in [1.165, 1.54) is 19.9 Å². The van der Waals surface area contributed by atoms with E-state index in [0.29, 0.717) is 44.5 Å². The molecule has 8 heteroatoms. The largest absolute Gasteiger partial charge is 0.472 e. The molecule has 0 bridgehead atoms. The summed E-state index contributed by atoms with van der Waals surface area (Å²) in [5.41, 5.74) is 0.347. The molecule has 1 aromatic heterocycles. The van der Waals surface area contributed by atoms with E-state index >= 15 is 0 Å². The quantitative estimate of drug-likeness (QED) is 0.250. The number of piperidine rings is 1. The van der Waals surface area contributed by atoms with Crippen molar-refractivity contribution in [3.05, 3.63) is 72.7 Å². The molecule has 1 aromatic carbocycles. The van der Waals surface area contributed by atoms with Crippen molar-refractivity contribution < 1.29 is 28.3 Å². The molecule has 3 atom stereocenters. The van der Waals surface area contributed by atoms with Crippen LogP contribution in [0.15, 0.2) is 66.0 Å². The van der Waals surface area contributed by atoms with Crippen LogP contribution in [0.3, 0.4) is 0 Å². The van der Waals surface area contributed by atoms with Gasteiger partial charge >= 0.3 is 11.9 Å². The highest BCUT2D eigenvalue weighted by Crippen LogP contribution is 2.54. The molecule has 37 heavy (non-hydrogen) atoms. The van der Waals surface area contributed by atoms with Gasteiger partial charge in [0.1, 0.15) is 11.4 Å². The van der Waals surface area contributed by atoms with Crippen molar-refractivity contribution in [2.75, 3.05) is 19.6 Å². The third kappa shape index (κ3) is 5.85. The number of esters is 2. The molecule has 1 N–H and O–H groups in total. The van der Waals surface area contributed by atoms with Gasteiger partial charge < -0.3 is 19.2 Å². The Bertz CT molecular complexity index is 1170. The second-order valence-corrected chi connectivity index (χ2v) is 9.90. The van der Waals surface area contributed by atoms with Crippen molar-refractivity contribution in [3.63, 3.8) is 0 Å². The molecular formula is C29H34N2O6. The molecule has 2 aromatic rings. The Morgan fingerprint density at radius 2 is 2.05 bits per heavy atom. The van der Waals surface area contributed by atoms with E-state index in [1.54, 1.807) is 30.7 Å². The highest BCUT2D eigenvalue weighted by molar-refractivity contribution is 5.91. The molecule has 2 fully saturated rings. The molecule has 8 nitrogen and oxygen atoms in total. The van der Waals surface area contributed by atoms with Crippen molar-refractivity contribution in [2.24, 2.45) is 0 Å².